The molecule has 144 valence electrons. The van der Waals surface area contributed by atoms with Gasteiger partial charge in [0.2, 0.25) is 0 Å². The Morgan fingerprint density at radius 2 is 1.96 bits per heavy atom. The highest BCUT2D eigenvalue weighted by Gasteiger charge is 2.30. The number of alkyl halides is 2. The third-order valence-electron chi connectivity index (χ3n) is 4.67. The van der Waals surface area contributed by atoms with Gasteiger partial charge in [0.05, 0.1) is 10.6 Å². The molecule has 1 aliphatic heterocycles. The van der Waals surface area contributed by atoms with E-state index in [0.29, 0.717) is 30.5 Å². The van der Waals surface area contributed by atoms with Gasteiger partial charge < -0.3 is 4.90 Å². The molecule has 1 aliphatic rings. The quantitative estimate of drug-likeness (QED) is 0.795. The van der Waals surface area contributed by atoms with Gasteiger partial charge in [-0.1, -0.05) is 6.92 Å². The Kier molecular flexibility index (Phi) is 5.20. The standard InChI is InChI=1S/C18H20F2N4O2S/c1-12-4-3-9-23(11-12)18-15(10-21)16(17(19)20)22-24(18)13-5-7-14(8-6-13)27(2,25)26/h5-8,12,17H,3-4,9,11H2,1-2H3. The molecule has 9 heteroatoms. The lowest BCUT2D eigenvalue weighted by molar-refractivity contribution is 0.145. The fourth-order valence-corrected chi connectivity index (χ4v) is 4.00. The Labute approximate surface area is 156 Å². The van der Waals surface area contributed by atoms with Crippen LogP contribution in [0, 0.1) is 17.2 Å². The fraction of sp³-hybridized carbons (Fsp3) is 0.444. The van der Waals surface area contributed by atoms with Crippen molar-refractivity contribution in [3.8, 4) is 11.8 Å². The molecule has 0 aliphatic carbocycles. The molecule has 0 spiro atoms. The van der Waals surface area contributed by atoms with Crippen molar-refractivity contribution in [3.63, 3.8) is 0 Å². The van der Waals surface area contributed by atoms with E-state index in [9.17, 15) is 22.5 Å². The molecule has 0 N–H and O–H groups in total. The minimum atomic E-state index is -3.37. The van der Waals surface area contributed by atoms with Crippen LogP contribution in [0.1, 0.15) is 37.4 Å². The molecule has 1 aromatic carbocycles. The molecule has 2 aromatic rings. The molecule has 0 radical (unpaired) electrons. The summed E-state index contributed by atoms with van der Waals surface area (Å²) in [4.78, 5) is 2.04. The number of rotatable bonds is 4. The van der Waals surface area contributed by atoms with E-state index in [1.54, 1.807) is 0 Å². The average molecular weight is 394 g/mol. The number of nitriles is 1. The van der Waals surface area contributed by atoms with Crippen molar-refractivity contribution in [2.24, 2.45) is 5.92 Å². The Morgan fingerprint density at radius 3 is 2.48 bits per heavy atom. The number of hydrogen-bond acceptors (Lipinski definition) is 5. The normalized spacial score (nSPS) is 17.9. The van der Waals surface area contributed by atoms with Crippen molar-refractivity contribution in [1.82, 2.24) is 9.78 Å². The van der Waals surface area contributed by atoms with Gasteiger partial charge in [0.1, 0.15) is 17.3 Å². The lowest BCUT2D eigenvalue weighted by Gasteiger charge is -2.33. The number of halogens is 2. The van der Waals surface area contributed by atoms with E-state index in [0.717, 1.165) is 19.1 Å². The first kappa shape index (κ1) is 19.3. The average Bonchev–Trinajstić information content (AvgIpc) is 3.01. The number of nitrogens with zero attached hydrogens (tertiary/aromatic N) is 4. The maximum absolute atomic E-state index is 13.5. The Hall–Kier alpha value is -2.47. The SMILES string of the molecule is CC1CCCN(c2c(C#N)c(C(F)F)nn2-c2ccc(S(C)(=O)=O)cc2)C1. The van der Waals surface area contributed by atoms with Gasteiger partial charge in [0.25, 0.3) is 6.43 Å². The summed E-state index contributed by atoms with van der Waals surface area (Å²) < 4.78 is 51.6. The Morgan fingerprint density at radius 1 is 1.30 bits per heavy atom. The van der Waals surface area contributed by atoms with E-state index >= 15 is 0 Å². The third kappa shape index (κ3) is 3.81. The molecule has 2 heterocycles. The van der Waals surface area contributed by atoms with Crippen molar-refractivity contribution in [1.29, 1.82) is 5.26 Å². The molecular weight excluding hydrogens is 374 g/mol. The van der Waals surface area contributed by atoms with Gasteiger partial charge in [0, 0.05) is 19.3 Å². The van der Waals surface area contributed by atoms with E-state index < -0.39 is 22.0 Å². The number of aromatic nitrogens is 2. The molecule has 3 rings (SSSR count). The summed E-state index contributed by atoms with van der Waals surface area (Å²) in [6, 6.07) is 7.72. The number of benzene rings is 1. The van der Waals surface area contributed by atoms with Gasteiger partial charge in [-0.3, -0.25) is 0 Å². The van der Waals surface area contributed by atoms with Crippen LogP contribution in [-0.4, -0.2) is 37.5 Å². The van der Waals surface area contributed by atoms with Crippen molar-refractivity contribution in [2.45, 2.75) is 31.1 Å². The van der Waals surface area contributed by atoms with Crippen LogP contribution in [0.4, 0.5) is 14.6 Å². The van der Waals surface area contributed by atoms with Gasteiger partial charge >= 0.3 is 0 Å². The van der Waals surface area contributed by atoms with E-state index in [-0.39, 0.29) is 10.5 Å². The van der Waals surface area contributed by atoms with Gasteiger partial charge in [-0.15, -0.1) is 0 Å². The maximum atomic E-state index is 13.5. The summed E-state index contributed by atoms with van der Waals surface area (Å²) in [7, 11) is -3.37. The van der Waals surface area contributed by atoms with Crippen molar-refractivity contribution >= 4 is 15.7 Å². The van der Waals surface area contributed by atoms with Crippen molar-refractivity contribution in [3.05, 3.63) is 35.5 Å². The fourth-order valence-electron chi connectivity index (χ4n) is 3.37. The van der Waals surface area contributed by atoms with Gasteiger partial charge in [0.15, 0.2) is 15.7 Å². The molecule has 27 heavy (non-hydrogen) atoms. The molecule has 0 saturated carbocycles. The number of sulfone groups is 1. The number of hydrogen-bond donors (Lipinski definition) is 0. The maximum Gasteiger partial charge on any atom is 0.283 e. The lowest BCUT2D eigenvalue weighted by Crippen LogP contribution is -2.36. The summed E-state index contributed by atoms with van der Waals surface area (Å²) in [6.45, 7) is 3.37. The van der Waals surface area contributed by atoms with Gasteiger partial charge in [-0.25, -0.2) is 21.9 Å². The predicted octanol–water partition coefficient (Wildman–Crippen LogP) is 3.32. The molecule has 1 atom stereocenters. The number of piperidine rings is 1. The van der Waals surface area contributed by atoms with Crippen LogP contribution in [0.5, 0.6) is 0 Å². The first-order chi connectivity index (χ1) is 12.7. The molecule has 6 nitrogen and oxygen atoms in total. The highest BCUT2D eigenvalue weighted by molar-refractivity contribution is 7.90. The van der Waals surface area contributed by atoms with Crippen LogP contribution < -0.4 is 4.90 Å². The highest BCUT2D eigenvalue weighted by atomic mass is 32.2. The molecule has 1 unspecified atom stereocenters. The molecule has 1 aromatic heterocycles. The minimum absolute atomic E-state index is 0.126. The number of anilines is 1. The predicted molar refractivity (Wildman–Crippen MR) is 97.0 cm³/mol. The Balaban J connectivity index is 2.15. The molecular formula is C18H20F2N4O2S. The zero-order chi connectivity index (χ0) is 19.8. The van der Waals surface area contributed by atoms with Crippen LogP contribution in [0.2, 0.25) is 0 Å². The van der Waals surface area contributed by atoms with E-state index in [1.807, 2.05) is 11.0 Å². The third-order valence-corrected chi connectivity index (χ3v) is 5.80. The van der Waals surface area contributed by atoms with E-state index in [2.05, 4.69) is 12.0 Å². The second kappa shape index (κ2) is 7.27. The molecule has 1 fully saturated rings. The smallest absolute Gasteiger partial charge is 0.283 e. The van der Waals surface area contributed by atoms with Crippen LogP contribution >= 0.6 is 0 Å². The van der Waals surface area contributed by atoms with E-state index in [4.69, 9.17) is 0 Å². The summed E-state index contributed by atoms with van der Waals surface area (Å²) in [5.41, 5.74) is -0.261. The topological polar surface area (TPSA) is 79.0 Å². The monoisotopic (exact) mass is 394 g/mol. The largest absolute Gasteiger partial charge is 0.355 e. The van der Waals surface area contributed by atoms with E-state index in [1.165, 1.54) is 28.9 Å². The van der Waals surface area contributed by atoms with Gasteiger partial charge in [-0.05, 0) is 43.0 Å². The summed E-state index contributed by atoms with van der Waals surface area (Å²) >= 11 is 0. The molecule has 1 saturated heterocycles. The molecule has 0 bridgehead atoms. The second-order valence-corrected chi connectivity index (χ2v) is 8.88. The first-order valence-electron chi connectivity index (χ1n) is 8.59. The van der Waals surface area contributed by atoms with Crippen LogP contribution in [-0.2, 0) is 9.84 Å². The van der Waals surface area contributed by atoms with Crippen LogP contribution in [0.25, 0.3) is 5.69 Å². The molecule has 0 amide bonds. The zero-order valence-electron chi connectivity index (χ0n) is 15.1. The first-order valence-corrected chi connectivity index (χ1v) is 10.5. The second-order valence-electron chi connectivity index (χ2n) is 6.87. The lowest BCUT2D eigenvalue weighted by atomic mass is 10.00. The summed E-state index contributed by atoms with van der Waals surface area (Å²) in [5.74, 6) is 0.711. The summed E-state index contributed by atoms with van der Waals surface area (Å²) in [5, 5.41) is 13.5. The van der Waals surface area contributed by atoms with Crippen LogP contribution in [0.3, 0.4) is 0 Å². The highest BCUT2D eigenvalue weighted by Crippen LogP contribution is 2.34. The summed E-state index contributed by atoms with van der Waals surface area (Å²) in [6.07, 6.45) is 0.155. The van der Waals surface area contributed by atoms with Crippen LogP contribution in [0.15, 0.2) is 29.2 Å². The van der Waals surface area contributed by atoms with Crippen molar-refractivity contribution in [2.75, 3.05) is 24.2 Å². The van der Waals surface area contributed by atoms with Gasteiger partial charge in [-0.2, -0.15) is 10.4 Å². The minimum Gasteiger partial charge on any atom is -0.355 e. The Bertz CT molecular complexity index is 978. The zero-order valence-corrected chi connectivity index (χ0v) is 15.9. The van der Waals surface area contributed by atoms with Crippen molar-refractivity contribution < 1.29 is 17.2 Å².